The van der Waals surface area contributed by atoms with E-state index in [4.69, 9.17) is 0 Å². The van der Waals surface area contributed by atoms with Crippen molar-refractivity contribution in [3.8, 4) is 0 Å². The number of fused-ring (bicyclic) bond motifs is 2. The van der Waals surface area contributed by atoms with Gasteiger partial charge < -0.3 is 9.97 Å². The molecule has 0 aliphatic rings. The highest BCUT2D eigenvalue weighted by atomic mass is 79.9. The number of nitrogens with one attached hydrogen (secondary N) is 2. The summed E-state index contributed by atoms with van der Waals surface area (Å²) in [4.78, 5) is 13.4. The number of aromatic nitrogens is 4. The molecule has 0 aromatic carbocycles. The molecule has 4 aromatic rings. The van der Waals surface area contributed by atoms with Crippen LogP contribution in [0.5, 0.6) is 0 Å². The molecule has 0 atom stereocenters. The van der Waals surface area contributed by atoms with E-state index in [1.54, 1.807) is 18.5 Å². The Bertz CT molecular complexity index is 900. The molecule has 0 spiro atoms. The number of aromatic amines is 2. The second-order valence-electron chi connectivity index (χ2n) is 4.26. The number of halogens is 3. The first kappa shape index (κ1) is 13.7. The number of hydrogen-bond acceptors (Lipinski definition) is 2. The van der Waals surface area contributed by atoms with E-state index in [9.17, 15) is 8.78 Å². The van der Waals surface area contributed by atoms with Crippen molar-refractivity contribution in [2.24, 2.45) is 0 Å². The molecule has 4 aromatic heterocycles. The molecule has 0 saturated heterocycles. The molecule has 0 bridgehead atoms. The van der Waals surface area contributed by atoms with Crippen molar-refractivity contribution in [1.82, 2.24) is 19.9 Å². The number of nitrogens with zero attached hydrogens (tertiary/aromatic N) is 2. The summed E-state index contributed by atoms with van der Waals surface area (Å²) in [5, 5.41) is 1.57. The molecule has 0 unspecified atom stereocenters. The Balaban J connectivity index is 0.000000126. The van der Waals surface area contributed by atoms with Crippen molar-refractivity contribution in [3.05, 3.63) is 59.1 Å². The Hall–Kier alpha value is -2.28. The van der Waals surface area contributed by atoms with E-state index >= 15 is 0 Å². The Morgan fingerprint density at radius 1 is 0.952 bits per heavy atom. The standard InChI is InChI=1S/C7H4BrFN2.C7H5FN2/c8-6-3-11-7-5(6)1-4(9)2-10-7;8-6-3-5-1-2-9-7(5)10-4-6/h1-3H,(H,10,11);1-4H,(H,9,10). The van der Waals surface area contributed by atoms with E-state index in [0.717, 1.165) is 20.9 Å². The van der Waals surface area contributed by atoms with Gasteiger partial charge in [0.2, 0.25) is 0 Å². The van der Waals surface area contributed by atoms with E-state index in [2.05, 4.69) is 35.9 Å². The predicted octanol–water partition coefficient (Wildman–Crippen LogP) is 4.17. The zero-order valence-corrected chi connectivity index (χ0v) is 12.2. The second-order valence-corrected chi connectivity index (χ2v) is 5.11. The number of hydrogen-bond donors (Lipinski definition) is 2. The summed E-state index contributed by atoms with van der Waals surface area (Å²) < 4.78 is 25.9. The molecule has 0 aliphatic heterocycles. The van der Waals surface area contributed by atoms with Crippen molar-refractivity contribution in [2.75, 3.05) is 0 Å². The third-order valence-electron chi connectivity index (χ3n) is 2.81. The van der Waals surface area contributed by atoms with Gasteiger partial charge in [-0.15, -0.1) is 0 Å². The minimum atomic E-state index is -0.321. The van der Waals surface area contributed by atoms with Gasteiger partial charge in [-0.3, -0.25) is 0 Å². The summed E-state index contributed by atoms with van der Waals surface area (Å²) in [6, 6.07) is 4.66. The fourth-order valence-electron chi connectivity index (χ4n) is 1.86. The normalized spacial score (nSPS) is 10.6. The SMILES string of the molecule is Fc1cnc2[nH]cc(Br)c2c1.Fc1cnc2[nH]ccc2c1. The lowest BCUT2D eigenvalue weighted by Gasteiger charge is -1.88. The van der Waals surface area contributed by atoms with Crippen LogP contribution in [-0.4, -0.2) is 19.9 Å². The highest BCUT2D eigenvalue weighted by Crippen LogP contribution is 2.21. The van der Waals surface area contributed by atoms with Crippen molar-refractivity contribution in [3.63, 3.8) is 0 Å². The lowest BCUT2D eigenvalue weighted by Crippen LogP contribution is -1.78. The highest BCUT2D eigenvalue weighted by molar-refractivity contribution is 9.10. The van der Waals surface area contributed by atoms with E-state index in [-0.39, 0.29) is 11.6 Å². The van der Waals surface area contributed by atoms with Gasteiger partial charge in [-0.05, 0) is 34.1 Å². The zero-order chi connectivity index (χ0) is 14.8. The molecule has 0 radical (unpaired) electrons. The maximum Gasteiger partial charge on any atom is 0.142 e. The zero-order valence-electron chi connectivity index (χ0n) is 10.6. The first-order valence-corrected chi connectivity index (χ1v) is 6.79. The summed E-state index contributed by atoms with van der Waals surface area (Å²) in [7, 11) is 0. The van der Waals surface area contributed by atoms with Crippen molar-refractivity contribution >= 4 is 38.0 Å². The third-order valence-corrected chi connectivity index (χ3v) is 3.47. The van der Waals surface area contributed by atoms with Crippen LogP contribution in [0.2, 0.25) is 0 Å². The molecule has 106 valence electrons. The monoisotopic (exact) mass is 350 g/mol. The van der Waals surface area contributed by atoms with Crippen LogP contribution in [0, 0.1) is 11.6 Å². The fraction of sp³-hybridized carbons (Fsp3) is 0. The lowest BCUT2D eigenvalue weighted by molar-refractivity contribution is 0.624. The minimum absolute atomic E-state index is 0.299. The molecular formula is C14H9BrF2N4. The smallest absolute Gasteiger partial charge is 0.142 e. The first-order valence-electron chi connectivity index (χ1n) is 6.00. The molecule has 4 rings (SSSR count). The van der Waals surface area contributed by atoms with E-state index in [0.29, 0.717) is 5.65 Å². The topological polar surface area (TPSA) is 57.4 Å². The van der Waals surface area contributed by atoms with Gasteiger partial charge in [-0.2, -0.15) is 0 Å². The molecule has 4 heterocycles. The van der Waals surface area contributed by atoms with Crippen molar-refractivity contribution in [2.45, 2.75) is 0 Å². The van der Waals surface area contributed by atoms with Crippen LogP contribution in [0.1, 0.15) is 0 Å². The Morgan fingerprint density at radius 2 is 1.67 bits per heavy atom. The summed E-state index contributed by atoms with van der Waals surface area (Å²) in [6.45, 7) is 0. The van der Waals surface area contributed by atoms with Crippen molar-refractivity contribution < 1.29 is 8.78 Å². The second kappa shape index (κ2) is 5.61. The van der Waals surface area contributed by atoms with E-state index in [1.165, 1.54) is 24.5 Å². The fourth-order valence-corrected chi connectivity index (χ4v) is 2.28. The largest absolute Gasteiger partial charge is 0.346 e. The van der Waals surface area contributed by atoms with Gasteiger partial charge in [0.15, 0.2) is 0 Å². The van der Waals surface area contributed by atoms with Crippen LogP contribution in [0.25, 0.3) is 22.1 Å². The van der Waals surface area contributed by atoms with Gasteiger partial charge in [0, 0.05) is 27.6 Å². The summed E-state index contributed by atoms with van der Waals surface area (Å²) in [5.74, 6) is -0.620. The van der Waals surface area contributed by atoms with Gasteiger partial charge in [-0.1, -0.05) is 0 Å². The van der Waals surface area contributed by atoms with Crippen LogP contribution in [0.4, 0.5) is 8.78 Å². The average Bonchev–Trinajstić information content (AvgIpc) is 3.06. The Labute approximate surface area is 126 Å². The van der Waals surface area contributed by atoms with Crippen molar-refractivity contribution in [1.29, 1.82) is 0 Å². The van der Waals surface area contributed by atoms with Crippen LogP contribution in [0.15, 0.2) is 47.5 Å². The van der Waals surface area contributed by atoms with Gasteiger partial charge in [0.25, 0.3) is 0 Å². The summed E-state index contributed by atoms with van der Waals surface area (Å²) in [6.07, 6.45) is 5.85. The molecule has 4 nitrogen and oxygen atoms in total. The average molecular weight is 351 g/mol. The van der Waals surface area contributed by atoms with Crippen LogP contribution in [0.3, 0.4) is 0 Å². The van der Waals surface area contributed by atoms with E-state index < -0.39 is 0 Å². The van der Waals surface area contributed by atoms with Gasteiger partial charge in [-0.25, -0.2) is 18.7 Å². The highest BCUT2D eigenvalue weighted by Gasteiger charge is 2.01. The summed E-state index contributed by atoms with van der Waals surface area (Å²) >= 11 is 3.26. The molecule has 0 amide bonds. The molecule has 21 heavy (non-hydrogen) atoms. The first-order chi connectivity index (χ1) is 10.1. The molecule has 7 heteroatoms. The van der Waals surface area contributed by atoms with Gasteiger partial charge in [0.1, 0.15) is 22.9 Å². The quantitative estimate of drug-likeness (QED) is 0.500. The maximum atomic E-state index is 12.6. The predicted molar refractivity (Wildman–Crippen MR) is 79.8 cm³/mol. The van der Waals surface area contributed by atoms with E-state index in [1.807, 2.05) is 0 Å². The minimum Gasteiger partial charge on any atom is -0.346 e. The number of H-pyrrole nitrogens is 2. The van der Waals surface area contributed by atoms with Gasteiger partial charge >= 0.3 is 0 Å². The molecule has 0 aliphatic carbocycles. The Morgan fingerprint density at radius 3 is 2.48 bits per heavy atom. The third kappa shape index (κ3) is 2.92. The van der Waals surface area contributed by atoms with Gasteiger partial charge in [0.05, 0.1) is 12.4 Å². The number of rotatable bonds is 0. The summed E-state index contributed by atoms with van der Waals surface area (Å²) in [5.41, 5.74) is 1.42. The van der Waals surface area contributed by atoms with Crippen LogP contribution < -0.4 is 0 Å². The van der Waals surface area contributed by atoms with Crippen LogP contribution in [-0.2, 0) is 0 Å². The molecular weight excluding hydrogens is 342 g/mol. The maximum absolute atomic E-state index is 12.6. The Kier molecular flexibility index (Phi) is 3.66. The number of pyridine rings is 2. The molecule has 2 N–H and O–H groups in total. The molecule has 0 fully saturated rings. The van der Waals surface area contributed by atoms with Crippen LogP contribution >= 0.6 is 15.9 Å². The molecule has 0 saturated carbocycles. The lowest BCUT2D eigenvalue weighted by atomic mass is 10.3.